The minimum absolute atomic E-state index is 0.0512. The van der Waals surface area contributed by atoms with Crippen LogP contribution in [0.25, 0.3) is 0 Å². The van der Waals surface area contributed by atoms with Gasteiger partial charge in [0.25, 0.3) is 0 Å². The van der Waals surface area contributed by atoms with E-state index in [0.717, 1.165) is 5.56 Å². The number of benzene rings is 2. The van der Waals surface area contributed by atoms with Gasteiger partial charge in [-0.15, -0.1) is 0 Å². The van der Waals surface area contributed by atoms with Crippen LogP contribution in [-0.2, 0) is 4.74 Å². The molecule has 0 heterocycles. The largest absolute Gasteiger partial charge is 0.465 e. The summed E-state index contributed by atoms with van der Waals surface area (Å²) in [6, 6.07) is 16.4. The normalized spacial score (nSPS) is 11.7. The number of ether oxygens (including phenoxy) is 1. The third-order valence-electron chi connectivity index (χ3n) is 3.52. The second kappa shape index (κ2) is 6.84. The van der Waals surface area contributed by atoms with E-state index in [-0.39, 0.29) is 11.7 Å². The second-order valence-corrected chi connectivity index (χ2v) is 4.77. The van der Waals surface area contributed by atoms with E-state index in [1.54, 1.807) is 24.3 Å². The average Bonchev–Trinajstić information content (AvgIpc) is 2.55. The lowest BCUT2D eigenvalue weighted by atomic mass is 9.87. The molecule has 3 nitrogen and oxygen atoms in total. The summed E-state index contributed by atoms with van der Waals surface area (Å²) in [6.07, 6.45) is 0.679. The van der Waals surface area contributed by atoms with Crippen molar-refractivity contribution in [2.45, 2.75) is 19.3 Å². The van der Waals surface area contributed by atoms with E-state index in [1.807, 2.05) is 37.3 Å². The van der Waals surface area contributed by atoms with Crippen LogP contribution in [0, 0.1) is 0 Å². The fourth-order valence-electron chi connectivity index (χ4n) is 2.43. The Bertz CT molecular complexity index is 632. The van der Waals surface area contributed by atoms with Crippen LogP contribution >= 0.6 is 0 Å². The number of esters is 1. The van der Waals surface area contributed by atoms with Crippen LogP contribution in [0.3, 0.4) is 0 Å². The van der Waals surface area contributed by atoms with Crippen molar-refractivity contribution in [3.05, 3.63) is 71.3 Å². The summed E-state index contributed by atoms with van der Waals surface area (Å²) >= 11 is 0. The van der Waals surface area contributed by atoms with Crippen LogP contribution in [0.4, 0.5) is 0 Å². The summed E-state index contributed by atoms with van der Waals surface area (Å²) in [5, 5.41) is 0. The van der Waals surface area contributed by atoms with E-state index >= 15 is 0 Å². The van der Waals surface area contributed by atoms with Gasteiger partial charge in [-0.05, 0) is 18.1 Å². The number of ketones is 1. The van der Waals surface area contributed by atoms with E-state index in [2.05, 4.69) is 0 Å². The molecular weight excluding hydrogens is 264 g/mol. The maximum absolute atomic E-state index is 12.8. The van der Waals surface area contributed by atoms with E-state index in [9.17, 15) is 9.59 Å². The van der Waals surface area contributed by atoms with Gasteiger partial charge in [0.1, 0.15) is 0 Å². The molecule has 2 aromatic rings. The van der Waals surface area contributed by atoms with Gasteiger partial charge in [-0.1, -0.05) is 55.5 Å². The van der Waals surface area contributed by atoms with Crippen LogP contribution in [0.15, 0.2) is 54.6 Å². The molecule has 0 spiro atoms. The molecule has 0 saturated carbocycles. The zero-order valence-electron chi connectivity index (χ0n) is 12.2. The lowest BCUT2D eigenvalue weighted by Gasteiger charge is -2.16. The van der Waals surface area contributed by atoms with E-state index in [1.165, 1.54) is 7.11 Å². The summed E-state index contributed by atoms with van der Waals surface area (Å²) in [5.74, 6) is -0.788. The monoisotopic (exact) mass is 282 g/mol. The number of carbonyl (C=O) groups excluding carboxylic acids is 2. The fraction of sp³-hybridized carbons (Fsp3) is 0.222. The minimum atomic E-state index is -0.484. The first-order valence-corrected chi connectivity index (χ1v) is 6.95. The molecule has 3 heteroatoms. The first-order chi connectivity index (χ1) is 10.2. The molecule has 2 aromatic carbocycles. The molecule has 0 aliphatic heterocycles. The molecule has 2 rings (SSSR count). The van der Waals surface area contributed by atoms with Crippen molar-refractivity contribution >= 4 is 11.8 Å². The van der Waals surface area contributed by atoms with Crippen LogP contribution in [0.2, 0.25) is 0 Å². The zero-order valence-corrected chi connectivity index (χ0v) is 12.2. The fourth-order valence-corrected chi connectivity index (χ4v) is 2.43. The van der Waals surface area contributed by atoms with Crippen LogP contribution in [-0.4, -0.2) is 18.9 Å². The maximum Gasteiger partial charge on any atom is 0.338 e. The Labute approximate surface area is 124 Å². The van der Waals surface area contributed by atoms with Gasteiger partial charge in [-0.25, -0.2) is 4.79 Å². The first-order valence-electron chi connectivity index (χ1n) is 6.95. The molecule has 0 fully saturated rings. The molecule has 0 radical (unpaired) electrons. The summed E-state index contributed by atoms with van der Waals surface area (Å²) in [5.41, 5.74) is 1.70. The molecule has 0 bridgehead atoms. The Balaban J connectivity index is 2.42. The number of carbonyl (C=O) groups is 2. The molecule has 0 aliphatic rings. The van der Waals surface area contributed by atoms with Gasteiger partial charge in [-0.3, -0.25) is 4.79 Å². The number of rotatable bonds is 5. The maximum atomic E-state index is 12.8. The number of Topliss-reactive ketones (excluding diaryl/α,β-unsaturated/α-hetero) is 1. The molecule has 0 amide bonds. The summed E-state index contributed by atoms with van der Waals surface area (Å²) in [4.78, 5) is 24.6. The summed E-state index contributed by atoms with van der Waals surface area (Å²) in [7, 11) is 1.32. The topological polar surface area (TPSA) is 43.4 Å². The Morgan fingerprint density at radius 1 is 0.952 bits per heavy atom. The second-order valence-electron chi connectivity index (χ2n) is 4.77. The molecule has 21 heavy (non-hydrogen) atoms. The lowest BCUT2D eigenvalue weighted by Crippen LogP contribution is -2.16. The Morgan fingerprint density at radius 2 is 1.52 bits per heavy atom. The van der Waals surface area contributed by atoms with Crippen molar-refractivity contribution in [1.82, 2.24) is 0 Å². The molecule has 0 saturated heterocycles. The molecule has 1 unspecified atom stereocenters. The Morgan fingerprint density at radius 3 is 2.10 bits per heavy atom. The molecule has 0 aliphatic carbocycles. The number of hydrogen-bond acceptors (Lipinski definition) is 3. The highest BCUT2D eigenvalue weighted by Crippen LogP contribution is 2.26. The van der Waals surface area contributed by atoms with Gasteiger partial charge in [0.05, 0.1) is 12.7 Å². The minimum Gasteiger partial charge on any atom is -0.465 e. The molecule has 0 N–H and O–H groups in total. The van der Waals surface area contributed by atoms with Gasteiger partial charge in [0.2, 0.25) is 0 Å². The van der Waals surface area contributed by atoms with Gasteiger partial charge in [-0.2, -0.15) is 0 Å². The predicted molar refractivity (Wildman–Crippen MR) is 81.6 cm³/mol. The van der Waals surface area contributed by atoms with Gasteiger partial charge in [0, 0.05) is 11.5 Å². The average molecular weight is 282 g/mol. The van der Waals surface area contributed by atoms with Crippen molar-refractivity contribution in [2.24, 2.45) is 0 Å². The Hall–Kier alpha value is -2.42. The molecular formula is C18H18O3. The highest BCUT2D eigenvalue weighted by Gasteiger charge is 2.24. The van der Waals surface area contributed by atoms with Crippen molar-refractivity contribution in [3.8, 4) is 0 Å². The lowest BCUT2D eigenvalue weighted by molar-refractivity contribution is 0.0596. The Kier molecular flexibility index (Phi) is 4.88. The predicted octanol–water partition coefficient (Wildman–Crippen LogP) is 3.85. The van der Waals surface area contributed by atoms with E-state index in [0.29, 0.717) is 17.5 Å². The molecule has 0 aromatic heterocycles. The van der Waals surface area contributed by atoms with Gasteiger partial charge < -0.3 is 4.74 Å². The first kappa shape index (κ1) is 15.0. The number of methoxy groups -OCH3 is 1. The molecule has 108 valence electrons. The van der Waals surface area contributed by atoms with Crippen LogP contribution in [0.1, 0.15) is 45.5 Å². The third kappa shape index (κ3) is 3.19. The quantitative estimate of drug-likeness (QED) is 0.618. The smallest absolute Gasteiger partial charge is 0.338 e. The van der Waals surface area contributed by atoms with Gasteiger partial charge >= 0.3 is 5.97 Å². The molecule has 1 atom stereocenters. The highest BCUT2D eigenvalue weighted by atomic mass is 16.5. The van der Waals surface area contributed by atoms with E-state index < -0.39 is 5.97 Å². The van der Waals surface area contributed by atoms with Crippen LogP contribution < -0.4 is 0 Å². The van der Waals surface area contributed by atoms with Crippen molar-refractivity contribution in [2.75, 3.05) is 7.11 Å². The number of hydrogen-bond donors (Lipinski definition) is 0. The standard InChI is InChI=1S/C18H18O3/c1-3-14(13-9-5-4-6-10-13)17(19)15-11-7-8-12-16(15)18(20)21-2/h4-12,14H,3H2,1-2H3. The SMILES string of the molecule is CCC(C(=O)c1ccccc1C(=O)OC)c1ccccc1. The summed E-state index contributed by atoms with van der Waals surface area (Å²) in [6.45, 7) is 1.97. The third-order valence-corrected chi connectivity index (χ3v) is 3.52. The van der Waals surface area contributed by atoms with E-state index in [4.69, 9.17) is 4.74 Å². The van der Waals surface area contributed by atoms with Crippen molar-refractivity contribution in [3.63, 3.8) is 0 Å². The van der Waals surface area contributed by atoms with Gasteiger partial charge in [0.15, 0.2) is 5.78 Å². The van der Waals surface area contributed by atoms with Crippen molar-refractivity contribution < 1.29 is 14.3 Å². The highest BCUT2D eigenvalue weighted by molar-refractivity contribution is 6.09. The van der Waals surface area contributed by atoms with Crippen LogP contribution in [0.5, 0.6) is 0 Å². The zero-order chi connectivity index (χ0) is 15.2. The van der Waals surface area contributed by atoms with Crippen molar-refractivity contribution in [1.29, 1.82) is 0 Å². The summed E-state index contributed by atoms with van der Waals surface area (Å²) < 4.78 is 4.76.